The number of nitrogens with zero attached hydrogens (tertiary/aromatic N) is 3. The smallest absolute Gasteiger partial charge is 0.157 e. The van der Waals surface area contributed by atoms with Crippen LogP contribution in [0.5, 0.6) is 0 Å². The Labute approximate surface area is 111 Å². The Bertz CT molecular complexity index is 663. The summed E-state index contributed by atoms with van der Waals surface area (Å²) in [5.74, 6) is 0. The van der Waals surface area contributed by atoms with Crippen LogP contribution in [0.4, 0.5) is 0 Å². The molecule has 0 aliphatic carbocycles. The number of aromatic nitrogens is 3. The highest BCUT2D eigenvalue weighted by molar-refractivity contribution is 8.01. The van der Waals surface area contributed by atoms with E-state index in [1.807, 2.05) is 29.6 Å². The molecule has 0 saturated carbocycles. The third-order valence-electron chi connectivity index (χ3n) is 2.15. The minimum absolute atomic E-state index is 0.524. The molecule has 0 amide bonds. The second kappa shape index (κ2) is 4.60. The molecule has 3 nitrogen and oxygen atoms in total. The van der Waals surface area contributed by atoms with Crippen molar-refractivity contribution in [1.29, 1.82) is 0 Å². The van der Waals surface area contributed by atoms with Gasteiger partial charge in [0, 0.05) is 10.8 Å². The first kappa shape index (κ1) is 11.0. The standard InChI is InChI=1S/C11H6ClN3S2/c12-9-5-16-11(15-9)17-10-7-3-1-2-4-8(7)13-6-14-10/h1-6H. The van der Waals surface area contributed by atoms with E-state index in [1.165, 1.54) is 23.1 Å². The summed E-state index contributed by atoms with van der Waals surface area (Å²) in [4.78, 5) is 12.7. The van der Waals surface area contributed by atoms with Gasteiger partial charge in [-0.05, 0) is 17.8 Å². The molecular weight excluding hydrogens is 274 g/mol. The van der Waals surface area contributed by atoms with Gasteiger partial charge in [-0.25, -0.2) is 15.0 Å². The van der Waals surface area contributed by atoms with E-state index in [2.05, 4.69) is 15.0 Å². The van der Waals surface area contributed by atoms with Crippen molar-refractivity contribution in [3.8, 4) is 0 Å². The third-order valence-corrected chi connectivity index (χ3v) is 4.43. The summed E-state index contributed by atoms with van der Waals surface area (Å²) < 4.78 is 0.888. The Morgan fingerprint density at radius 1 is 1.18 bits per heavy atom. The van der Waals surface area contributed by atoms with E-state index < -0.39 is 0 Å². The van der Waals surface area contributed by atoms with E-state index in [0.29, 0.717) is 5.15 Å². The van der Waals surface area contributed by atoms with Crippen LogP contribution in [0.25, 0.3) is 10.9 Å². The molecule has 0 aliphatic heterocycles. The van der Waals surface area contributed by atoms with Crippen LogP contribution in [0.15, 0.2) is 45.3 Å². The summed E-state index contributed by atoms with van der Waals surface area (Å²) >= 11 is 8.82. The first-order valence-electron chi connectivity index (χ1n) is 4.81. The SMILES string of the molecule is Clc1csc(Sc2ncnc3ccccc23)n1. The van der Waals surface area contributed by atoms with Gasteiger partial charge in [-0.2, -0.15) is 0 Å². The van der Waals surface area contributed by atoms with E-state index in [4.69, 9.17) is 11.6 Å². The number of thiazole rings is 1. The molecule has 84 valence electrons. The van der Waals surface area contributed by atoms with Gasteiger partial charge in [-0.3, -0.25) is 0 Å². The molecule has 0 spiro atoms. The van der Waals surface area contributed by atoms with Gasteiger partial charge in [0.05, 0.1) is 5.52 Å². The predicted octanol–water partition coefficient (Wildman–Crippen LogP) is 3.89. The fourth-order valence-electron chi connectivity index (χ4n) is 1.43. The van der Waals surface area contributed by atoms with Crippen LogP contribution in [0.2, 0.25) is 5.15 Å². The largest absolute Gasteiger partial charge is 0.236 e. The second-order valence-corrected chi connectivity index (χ2v) is 5.72. The lowest BCUT2D eigenvalue weighted by Crippen LogP contribution is -1.85. The summed E-state index contributed by atoms with van der Waals surface area (Å²) in [5.41, 5.74) is 0.938. The van der Waals surface area contributed by atoms with Crippen LogP contribution in [0.1, 0.15) is 0 Å². The van der Waals surface area contributed by atoms with Crippen molar-refractivity contribution in [3.63, 3.8) is 0 Å². The van der Waals surface area contributed by atoms with E-state index >= 15 is 0 Å². The average molecular weight is 280 g/mol. The van der Waals surface area contributed by atoms with Crippen LogP contribution in [0, 0.1) is 0 Å². The molecule has 2 aromatic heterocycles. The van der Waals surface area contributed by atoms with E-state index in [9.17, 15) is 0 Å². The van der Waals surface area contributed by atoms with Crippen molar-refractivity contribution in [2.45, 2.75) is 9.37 Å². The van der Waals surface area contributed by atoms with E-state index in [-0.39, 0.29) is 0 Å². The summed E-state index contributed by atoms with van der Waals surface area (Å²) in [6.07, 6.45) is 1.57. The highest BCUT2D eigenvalue weighted by Crippen LogP contribution is 2.33. The van der Waals surface area contributed by atoms with Crippen LogP contribution in [0.3, 0.4) is 0 Å². The maximum Gasteiger partial charge on any atom is 0.157 e. The van der Waals surface area contributed by atoms with Crippen molar-refractivity contribution >= 4 is 45.6 Å². The van der Waals surface area contributed by atoms with Crippen LogP contribution in [-0.4, -0.2) is 15.0 Å². The number of halogens is 1. The van der Waals surface area contributed by atoms with E-state index in [1.54, 1.807) is 6.33 Å². The number of rotatable bonds is 2. The molecule has 0 atom stereocenters. The van der Waals surface area contributed by atoms with Crippen molar-refractivity contribution in [3.05, 3.63) is 41.1 Å². The molecule has 2 heterocycles. The fraction of sp³-hybridized carbons (Fsp3) is 0. The van der Waals surface area contributed by atoms with Gasteiger partial charge >= 0.3 is 0 Å². The number of hydrogen-bond donors (Lipinski definition) is 0. The summed E-state index contributed by atoms with van der Waals surface area (Å²) in [6, 6.07) is 7.91. The highest BCUT2D eigenvalue weighted by atomic mass is 35.5. The molecule has 0 saturated heterocycles. The van der Waals surface area contributed by atoms with E-state index in [0.717, 1.165) is 20.3 Å². The molecule has 0 unspecified atom stereocenters. The molecule has 0 fully saturated rings. The zero-order chi connectivity index (χ0) is 11.7. The van der Waals surface area contributed by atoms with Crippen LogP contribution < -0.4 is 0 Å². The molecule has 3 aromatic rings. The summed E-state index contributed by atoms with van der Waals surface area (Å²) in [7, 11) is 0. The minimum Gasteiger partial charge on any atom is -0.236 e. The lowest BCUT2D eigenvalue weighted by atomic mass is 10.2. The Morgan fingerprint density at radius 3 is 2.88 bits per heavy atom. The fourth-order valence-corrected chi connectivity index (χ4v) is 3.42. The Hall–Kier alpha value is -1.17. The molecule has 0 bridgehead atoms. The maximum absolute atomic E-state index is 5.80. The van der Waals surface area contributed by atoms with Crippen LogP contribution in [-0.2, 0) is 0 Å². The molecule has 1 aromatic carbocycles. The Kier molecular flexibility index (Phi) is 2.96. The van der Waals surface area contributed by atoms with Gasteiger partial charge in [0.25, 0.3) is 0 Å². The van der Waals surface area contributed by atoms with Crippen molar-refractivity contribution in [1.82, 2.24) is 15.0 Å². The van der Waals surface area contributed by atoms with Gasteiger partial charge in [0.1, 0.15) is 16.5 Å². The number of para-hydroxylation sites is 1. The molecular formula is C11H6ClN3S2. The van der Waals surface area contributed by atoms with Gasteiger partial charge in [-0.15, -0.1) is 11.3 Å². The second-order valence-electron chi connectivity index (χ2n) is 3.23. The summed E-state index contributed by atoms with van der Waals surface area (Å²) in [5, 5.41) is 4.27. The maximum atomic E-state index is 5.80. The highest BCUT2D eigenvalue weighted by Gasteiger charge is 2.07. The van der Waals surface area contributed by atoms with Gasteiger partial charge in [0.15, 0.2) is 4.34 Å². The minimum atomic E-state index is 0.524. The number of hydrogen-bond acceptors (Lipinski definition) is 5. The monoisotopic (exact) mass is 279 g/mol. The van der Waals surface area contributed by atoms with Gasteiger partial charge in [-0.1, -0.05) is 29.8 Å². The van der Waals surface area contributed by atoms with Crippen molar-refractivity contribution in [2.75, 3.05) is 0 Å². The molecule has 6 heteroatoms. The molecule has 0 N–H and O–H groups in total. The van der Waals surface area contributed by atoms with Crippen molar-refractivity contribution < 1.29 is 0 Å². The first-order valence-corrected chi connectivity index (χ1v) is 6.89. The van der Waals surface area contributed by atoms with Crippen LogP contribution >= 0.6 is 34.7 Å². The lowest BCUT2D eigenvalue weighted by Gasteiger charge is -2.01. The third kappa shape index (κ3) is 2.26. The molecule has 17 heavy (non-hydrogen) atoms. The normalized spacial score (nSPS) is 10.9. The Balaban J connectivity index is 2.05. The zero-order valence-corrected chi connectivity index (χ0v) is 10.9. The topological polar surface area (TPSA) is 38.7 Å². The number of fused-ring (bicyclic) bond motifs is 1. The predicted molar refractivity (Wildman–Crippen MR) is 70.8 cm³/mol. The van der Waals surface area contributed by atoms with Gasteiger partial charge < -0.3 is 0 Å². The molecule has 3 rings (SSSR count). The molecule has 0 radical (unpaired) electrons. The molecule has 0 aliphatic rings. The lowest BCUT2D eigenvalue weighted by molar-refractivity contribution is 1.10. The van der Waals surface area contributed by atoms with Gasteiger partial charge in [0.2, 0.25) is 0 Å². The zero-order valence-electron chi connectivity index (χ0n) is 8.50. The summed E-state index contributed by atoms with van der Waals surface area (Å²) in [6.45, 7) is 0. The first-order chi connectivity index (χ1) is 8.33. The quantitative estimate of drug-likeness (QED) is 0.667. The van der Waals surface area contributed by atoms with Crippen molar-refractivity contribution in [2.24, 2.45) is 0 Å². The Morgan fingerprint density at radius 2 is 2.06 bits per heavy atom. The average Bonchev–Trinajstić information content (AvgIpc) is 2.75. The number of benzene rings is 1.